The first-order valence-electron chi connectivity index (χ1n) is 8.70. The van der Waals surface area contributed by atoms with Crippen LogP contribution in [-0.2, 0) is 17.5 Å². The van der Waals surface area contributed by atoms with Gasteiger partial charge in [-0.1, -0.05) is 25.0 Å². The first-order chi connectivity index (χ1) is 12.3. The number of alkyl halides is 3. The van der Waals surface area contributed by atoms with Crippen LogP contribution in [0.1, 0.15) is 43.2 Å². The molecule has 1 aliphatic carbocycles. The van der Waals surface area contributed by atoms with Crippen LogP contribution < -0.4 is 10.6 Å². The molecule has 144 valence electrons. The molecule has 0 atom stereocenters. The van der Waals surface area contributed by atoms with Crippen LogP contribution in [0.4, 0.5) is 18.0 Å². The Labute approximate surface area is 150 Å². The first kappa shape index (κ1) is 20.1. The Balaban J connectivity index is 1.74. The zero-order chi connectivity index (χ0) is 19.2. The second-order valence-corrected chi connectivity index (χ2v) is 6.59. The van der Waals surface area contributed by atoms with Crippen molar-refractivity contribution in [2.24, 2.45) is 0 Å². The first-order valence-corrected chi connectivity index (χ1v) is 8.70. The van der Waals surface area contributed by atoms with E-state index in [4.69, 9.17) is 0 Å². The van der Waals surface area contributed by atoms with E-state index >= 15 is 0 Å². The van der Waals surface area contributed by atoms with Crippen LogP contribution in [0.25, 0.3) is 0 Å². The van der Waals surface area contributed by atoms with Gasteiger partial charge in [0.15, 0.2) is 0 Å². The topological polar surface area (TPSA) is 61.4 Å². The van der Waals surface area contributed by atoms with E-state index in [1.807, 2.05) is 0 Å². The maximum absolute atomic E-state index is 12.7. The lowest BCUT2D eigenvalue weighted by Crippen LogP contribution is -2.40. The van der Waals surface area contributed by atoms with E-state index in [0.717, 1.165) is 37.8 Å². The summed E-state index contributed by atoms with van der Waals surface area (Å²) in [5, 5.41) is 5.54. The van der Waals surface area contributed by atoms with Gasteiger partial charge in [0.2, 0.25) is 5.91 Å². The third-order valence-corrected chi connectivity index (χ3v) is 4.37. The Morgan fingerprint density at radius 2 is 1.92 bits per heavy atom. The quantitative estimate of drug-likeness (QED) is 0.806. The van der Waals surface area contributed by atoms with E-state index < -0.39 is 17.8 Å². The van der Waals surface area contributed by atoms with Crippen molar-refractivity contribution >= 4 is 11.9 Å². The molecule has 0 aliphatic heterocycles. The number of amides is 3. The molecule has 1 aromatic carbocycles. The van der Waals surface area contributed by atoms with Crippen molar-refractivity contribution in [2.45, 2.75) is 50.9 Å². The summed E-state index contributed by atoms with van der Waals surface area (Å²) >= 11 is 0. The maximum Gasteiger partial charge on any atom is 0.416 e. The van der Waals surface area contributed by atoms with Gasteiger partial charge in [-0.3, -0.25) is 4.79 Å². The van der Waals surface area contributed by atoms with Crippen molar-refractivity contribution in [3.8, 4) is 0 Å². The summed E-state index contributed by atoms with van der Waals surface area (Å²) in [5.41, 5.74) is -0.358. The molecule has 3 amide bonds. The van der Waals surface area contributed by atoms with E-state index in [9.17, 15) is 22.8 Å². The molecule has 26 heavy (non-hydrogen) atoms. The number of rotatable bonds is 6. The fraction of sp³-hybridized carbons (Fsp3) is 0.556. The van der Waals surface area contributed by atoms with Crippen LogP contribution in [0.15, 0.2) is 24.3 Å². The monoisotopic (exact) mass is 371 g/mol. The lowest BCUT2D eigenvalue weighted by Gasteiger charge is -2.19. The molecule has 0 spiro atoms. The van der Waals surface area contributed by atoms with Gasteiger partial charge in [-0.05, 0) is 30.5 Å². The Morgan fingerprint density at radius 1 is 1.23 bits per heavy atom. The summed E-state index contributed by atoms with van der Waals surface area (Å²) in [6.45, 7) is 0.230. The molecular formula is C18H24F3N3O2. The van der Waals surface area contributed by atoms with Crippen LogP contribution in [0.3, 0.4) is 0 Å². The fourth-order valence-electron chi connectivity index (χ4n) is 2.98. The average molecular weight is 371 g/mol. The number of benzene rings is 1. The molecule has 1 aliphatic rings. The van der Waals surface area contributed by atoms with Crippen LogP contribution >= 0.6 is 0 Å². The van der Waals surface area contributed by atoms with Gasteiger partial charge < -0.3 is 15.5 Å². The smallest absolute Gasteiger partial charge is 0.353 e. The van der Waals surface area contributed by atoms with E-state index in [2.05, 4.69) is 10.6 Å². The van der Waals surface area contributed by atoms with Gasteiger partial charge >= 0.3 is 12.2 Å². The molecule has 1 aromatic rings. The second kappa shape index (κ2) is 8.91. The highest BCUT2D eigenvalue weighted by molar-refractivity contribution is 5.78. The Morgan fingerprint density at radius 3 is 2.58 bits per heavy atom. The molecular weight excluding hydrogens is 347 g/mol. The molecule has 2 N–H and O–H groups in total. The molecule has 1 saturated carbocycles. The normalized spacial score (nSPS) is 14.9. The molecule has 8 heteroatoms. The highest BCUT2D eigenvalue weighted by atomic mass is 19.4. The van der Waals surface area contributed by atoms with E-state index in [1.165, 1.54) is 24.1 Å². The van der Waals surface area contributed by atoms with Gasteiger partial charge in [0.1, 0.15) is 0 Å². The van der Waals surface area contributed by atoms with E-state index in [-0.39, 0.29) is 31.5 Å². The van der Waals surface area contributed by atoms with Gasteiger partial charge in [0.05, 0.1) is 5.56 Å². The predicted molar refractivity (Wildman–Crippen MR) is 91.3 cm³/mol. The minimum Gasteiger partial charge on any atom is -0.353 e. The number of hydrogen-bond donors (Lipinski definition) is 2. The lowest BCUT2D eigenvalue weighted by molar-refractivity contribution is -0.137. The van der Waals surface area contributed by atoms with Crippen molar-refractivity contribution in [3.05, 3.63) is 35.4 Å². The fourth-order valence-corrected chi connectivity index (χ4v) is 2.98. The minimum absolute atomic E-state index is 0.0457. The van der Waals surface area contributed by atoms with Gasteiger partial charge in [0, 0.05) is 32.6 Å². The van der Waals surface area contributed by atoms with Crippen LogP contribution in [-0.4, -0.2) is 36.5 Å². The van der Waals surface area contributed by atoms with Crippen LogP contribution in [0, 0.1) is 0 Å². The van der Waals surface area contributed by atoms with Gasteiger partial charge in [0.25, 0.3) is 0 Å². The largest absolute Gasteiger partial charge is 0.416 e. The molecule has 0 saturated heterocycles. The summed E-state index contributed by atoms with van der Waals surface area (Å²) in [5.74, 6) is -0.0993. The number of hydrogen-bond acceptors (Lipinski definition) is 2. The summed E-state index contributed by atoms with van der Waals surface area (Å²) in [7, 11) is 1.49. The lowest BCUT2D eigenvalue weighted by atomic mass is 10.1. The third-order valence-electron chi connectivity index (χ3n) is 4.37. The second-order valence-electron chi connectivity index (χ2n) is 6.59. The molecule has 0 radical (unpaired) electrons. The summed E-state index contributed by atoms with van der Waals surface area (Å²) in [4.78, 5) is 25.1. The summed E-state index contributed by atoms with van der Waals surface area (Å²) < 4.78 is 38.2. The zero-order valence-corrected chi connectivity index (χ0v) is 14.7. The van der Waals surface area contributed by atoms with Gasteiger partial charge in [-0.2, -0.15) is 13.2 Å². The molecule has 1 fully saturated rings. The Bertz CT molecular complexity index is 628. The van der Waals surface area contributed by atoms with Crippen molar-refractivity contribution in [1.29, 1.82) is 0 Å². The van der Waals surface area contributed by atoms with Crippen molar-refractivity contribution in [3.63, 3.8) is 0 Å². The van der Waals surface area contributed by atoms with Gasteiger partial charge in [-0.25, -0.2) is 4.79 Å². The summed E-state index contributed by atoms with van der Waals surface area (Å²) in [6, 6.07) is 4.68. The highest BCUT2D eigenvalue weighted by Crippen LogP contribution is 2.29. The SMILES string of the molecule is CN(Cc1cccc(C(F)(F)F)c1)C(=O)NCCC(=O)NC1CCCC1. The van der Waals surface area contributed by atoms with Crippen molar-refractivity contribution < 1.29 is 22.8 Å². The van der Waals surface area contributed by atoms with Gasteiger partial charge in [-0.15, -0.1) is 0 Å². The standard InChI is InChI=1S/C18H24F3N3O2/c1-24(12-13-5-4-6-14(11-13)18(19,20)21)17(26)22-10-9-16(25)23-15-7-2-3-8-15/h4-6,11,15H,2-3,7-10,12H2,1H3,(H,22,26)(H,23,25). The molecule has 5 nitrogen and oxygen atoms in total. The van der Waals surface area contributed by atoms with E-state index in [0.29, 0.717) is 5.56 Å². The summed E-state index contributed by atoms with van der Waals surface area (Å²) in [6.07, 6.45) is 0.0167. The van der Waals surface area contributed by atoms with Crippen LogP contribution in [0.2, 0.25) is 0 Å². The molecule has 0 bridgehead atoms. The Kier molecular flexibility index (Phi) is 6.88. The highest BCUT2D eigenvalue weighted by Gasteiger charge is 2.30. The third kappa shape index (κ3) is 6.24. The van der Waals surface area contributed by atoms with Crippen molar-refractivity contribution in [1.82, 2.24) is 15.5 Å². The Hall–Kier alpha value is -2.25. The number of nitrogens with zero attached hydrogens (tertiary/aromatic N) is 1. The number of nitrogens with one attached hydrogen (secondary N) is 2. The van der Waals surface area contributed by atoms with Crippen LogP contribution in [0.5, 0.6) is 0 Å². The maximum atomic E-state index is 12.7. The average Bonchev–Trinajstić information content (AvgIpc) is 3.07. The molecule has 0 heterocycles. The molecule has 0 unspecified atom stereocenters. The number of urea groups is 1. The predicted octanol–water partition coefficient (Wildman–Crippen LogP) is 3.30. The van der Waals surface area contributed by atoms with E-state index in [1.54, 1.807) is 0 Å². The molecule has 2 rings (SSSR count). The number of carbonyl (C=O) groups excluding carboxylic acids is 2. The number of carbonyl (C=O) groups is 2. The zero-order valence-electron chi connectivity index (χ0n) is 14.7. The minimum atomic E-state index is -4.41. The molecule has 0 aromatic heterocycles. The number of halogens is 3. The van der Waals surface area contributed by atoms with Crippen molar-refractivity contribution in [2.75, 3.05) is 13.6 Å².